The summed E-state index contributed by atoms with van der Waals surface area (Å²) in [6.45, 7) is 1.42. The first kappa shape index (κ1) is 6.15. The van der Waals surface area contributed by atoms with E-state index in [1.54, 1.807) is 0 Å². The molecular weight excluding hydrogens is 147 g/mol. The molecule has 0 atom stereocenters. The Hall–Kier alpha value is 0.150. The second-order valence-electron chi connectivity index (χ2n) is 0.945. The van der Waals surface area contributed by atoms with Crippen LogP contribution >= 0.6 is 15.9 Å². The summed E-state index contributed by atoms with van der Waals surface area (Å²) in [6, 6.07) is 0. The average Bonchev–Trinajstić information content (AvgIpc) is 1.35. The number of hydrogen-bond donors (Lipinski definition) is 0. The molecule has 0 aromatic heterocycles. The number of halogens is 2. The third-order valence-electron chi connectivity index (χ3n) is 0.358. The topological polar surface area (TPSA) is 0 Å². The highest BCUT2D eigenvalue weighted by atomic mass is 79.9. The lowest BCUT2D eigenvalue weighted by Crippen LogP contribution is -1.60. The molecule has 0 aromatic rings. The van der Waals surface area contributed by atoms with Gasteiger partial charge in [0.15, 0.2) is 0 Å². The van der Waals surface area contributed by atoms with Gasteiger partial charge in [-0.05, 0) is 13.0 Å². The molecule has 0 radical (unpaired) electrons. The quantitative estimate of drug-likeness (QED) is 0.506. The molecule has 0 aliphatic rings. The van der Waals surface area contributed by atoms with Crippen LogP contribution in [0.1, 0.15) is 6.92 Å². The largest absolute Gasteiger partial charge is 0.212 e. The Morgan fingerprint density at radius 2 is 2.50 bits per heavy atom. The number of hydrogen-bond acceptors (Lipinski definition) is 0. The van der Waals surface area contributed by atoms with Gasteiger partial charge < -0.3 is 0 Å². The predicted molar refractivity (Wildman–Crippen MR) is 28.7 cm³/mol. The van der Waals surface area contributed by atoms with Gasteiger partial charge in [-0.1, -0.05) is 15.9 Å². The molecule has 36 valence electrons. The van der Waals surface area contributed by atoms with Crippen LogP contribution in [-0.4, -0.2) is 5.33 Å². The van der Waals surface area contributed by atoms with Crippen molar-refractivity contribution in [2.45, 2.75) is 6.92 Å². The van der Waals surface area contributed by atoms with E-state index in [0.29, 0.717) is 5.33 Å². The van der Waals surface area contributed by atoms with Crippen LogP contribution in [0.2, 0.25) is 0 Å². The molecule has 6 heavy (non-hydrogen) atoms. The van der Waals surface area contributed by atoms with Crippen LogP contribution in [0, 0.1) is 0 Å². The van der Waals surface area contributed by atoms with Gasteiger partial charge in [0, 0.05) is 5.33 Å². The molecule has 0 aliphatic carbocycles. The zero-order valence-corrected chi connectivity index (χ0v) is 5.13. The predicted octanol–water partition coefficient (Wildman–Crippen LogP) is 2.25. The first-order valence-corrected chi connectivity index (χ1v) is 2.77. The molecule has 2 heteroatoms. The van der Waals surface area contributed by atoms with Crippen LogP contribution in [0.15, 0.2) is 11.9 Å². The van der Waals surface area contributed by atoms with E-state index >= 15 is 0 Å². The van der Waals surface area contributed by atoms with Crippen LogP contribution < -0.4 is 0 Å². The highest BCUT2D eigenvalue weighted by Crippen LogP contribution is 1.92. The first-order valence-electron chi connectivity index (χ1n) is 1.65. The Kier molecular flexibility index (Phi) is 3.43. The molecule has 0 nitrogen and oxygen atoms in total. The van der Waals surface area contributed by atoms with Gasteiger partial charge in [0.25, 0.3) is 0 Å². The molecule has 0 saturated heterocycles. The number of alkyl halides is 1. The Balaban J connectivity index is 3.14. The van der Waals surface area contributed by atoms with E-state index in [9.17, 15) is 4.39 Å². The highest BCUT2D eigenvalue weighted by Gasteiger charge is 1.73. The number of rotatable bonds is 1. The fourth-order valence-electron chi connectivity index (χ4n) is 0.106. The molecular formula is C4H6BrF. The van der Waals surface area contributed by atoms with E-state index in [4.69, 9.17) is 0 Å². The van der Waals surface area contributed by atoms with Crippen LogP contribution in [-0.2, 0) is 0 Å². The molecule has 0 heterocycles. The Morgan fingerprint density at radius 3 is 2.50 bits per heavy atom. The maximum absolute atomic E-state index is 11.5. The van der Waals surface area contributed by atoms with Gasteiger partial charge in [0.05, 0.1) is 5.83 Å². The van der Waals surface area contributed by atoms with Crippen LogP contribution in [0.4, 0.5) is 4.39 Å². The van der Waals surface area contributed by atoms with Crippen molar-refractivity contribution in [2.24, 2.45) is 0 Å². The molecule has 0 spiro atoms. The molecule has 0 N–H and O–H groups in total. The van der Waals surface area contributed by atoms with Crippen molar-refractivity contribution in [3.63, 3.8) is 0 Å². The van der Waals surface area contributed by atoms with Crippen molar-refractivity contribution >= 4 is 15.9 Å². The zero-order valence-electron chi connectivity index (χ0n) is 3.54. The summed E-state index contributed by atoms with van der Waals surface area (Å²) in [5.41, 5.74) is 0. The molecule has 0 amide bonds. The van der Waals surface area contributed by atoms with Crippen LogP contribution in [0.3, 0.4) is 0 Å². The van der Waals surface area contributed by atoms with Crippen molar-refractivity contribution < 1.29 is 4.39 Å². The summed E-state index contributed by atoms with van der Waals surface area (Å²) in [5.74, 6) is -0.133. The van der Waals surface area contributed by atoms with E-state index in [0.717, 1.165) is 0 Å². The summed E-state index contributed by atoms with van der Waals surface area (Å²) in [4.78, 5) is 0. The van der Waals surface area contributed by atoms with Crippen LogP contribution in [0.5, 0.6) is 0 Å². The van der Waals surface area contributed by atoms with E-state index in [1.165, 1.54) is 13.0 Å². The Morgan fingerprint density at radius 1 is 2.00 bits per heavy atom. The minimum Gasteiger partial charge on any atom is -0.212 e. The Bertz CT molecular complexity index is 54.6. The lowest BCUT2D eigenvalue weighted by molar-refractivity contribution is 0.639. The van der Waals surface area contributed by atoms with E-state index < -0.39 is 0 Å². The lowest BCUT2D eigenvalue weighted by atomic mass is 10.6. The van der Waals surface area contributed by atoms with Crippen molar-refractivity contribution in [1.29, 1.82) is 0 Å². The molecule has 0 rings (SSSR count). The Labute approximate surface area is 45.2 Å². The van der Waals surface area contributed by atoms with E-state index in [-0.39, 0.29) is 5.83 Å². The van der Waals surface area contributed by atoms with Crippen molar-refractivity contribution in [1.82, 2.24) is 0 Å². The molecule has 0 unspecified atom stereocenters. The highest BCUT2D eigenvalue weighted by molar-refractivity contribution is 9.09. The summed E-state index contributed by atoms with van der Waals surface area (Å²) < 4.78 is 11.5. The standard InChI is InChI=1S/C4H6BrF/c1-4(6)2-3-5/h2H,3H2,1H3. The minimum absolute atomic E-state index is 0.133. The van der Waals surface area contributed by atoms with Gasteiger partial charge >= 0.3 is 0 Å². The normalized spacial score (nSPS) is 12.2. The van der Waals surface area contributed by atoms with Crippen molar-refractivity contribution in [3.05, 3.63) is 11.9 Å². The zero-order chi connectivity index (χ0) is 4.99. The summed E-state index contributed by atoms with van der Waals surface area (Å²) in [5, 5.41) is 0.606. The third-order valence-corrected chi connectivity index (χ3v) is 0.682. The summed E-state index contributed by atoms with van der Waals surface area (Å²) in [6.07, 6.45) is 1.46. The minimum atomic E-state index is -0.133. The lowest BCUT2D eigenvalue weighted by Gasteiger charge is -1.74. The second-order valence-corrected chi connectivity index (χ2v) is 1.59. The SMILES string of the molecule is CC(F)=CCBr. The summed E-state index contributed by atoms with van der Waals surface area (Å²) >= 11 is 3.03. The molecule has 0 aliphatic heterocycles. The van der Waals surface area contributed by atoms with Gasteiger partial charge in [-0.2, -0.15) is 0 Å². The molecule has 0 saturated carbocycles. The van der Waals surface area contributed by atoms with Gasteiger partial charge in [0.1, 0.15) is 0 Å². The second kappa shape index (κ2) is 3.34. The van der Waals surface area contributed by atoms with Gasteiger partial charge in [-0.25, -0.2) is 4.39 Å². The smallest absolute Gasteiger partial charge is 0.0937 e. The van der Waals surface area contributed by atoms with Crippen molar-refractivity contribution in [2.75, 3.05) is 5.33 Å². The fourth-order valence-corrected chi connectivity index (χ4v) is 0.552. The van der Waals surface area contributed by atoms with E-state index in [2.05, 4.69) is 15.9 Å². The average molecular weight is 153 g/mol. The van der Waals surface area contributed by atoms with Gasteiger partial charge in [0.2, 0.25) is 0 Å². The summed E-state index contributed by atoms with van der Waals surface area (Å²) in [7, 11) is 0. The molecule has 0 fully saturated rings. The monoisotopic (exact) mass is 152 g/mol. The maximum atomic E-state index is 11.5. The van der Waals surface area contributed by atoms with Crippen molar-refractivity contribution in [3.8, 4) is 0 Å². The molecule has 0 bridgehead atoms. The third kappa shape index (κ3) is 4.15. The molecule has 0 aromatic carbocycles. The van der Waals surface area contributed by atoms with Gasteiger partial charge in [-0.15, -0.1) is 0 Å². The van der Waals surface area contributed by atoms with E-state index in [1.807, 2.05) is 0 Å². The van der Waals surface area contributed by atoms with Gasteiger partial charge in [-0.3, -0.25) is 0 Å². The van der Waals surface area contributed by atoms with Crippen LogP contribution in [0.25, 0.3) is 0 Å². The maximum Gasteiger partial charge on any atom is 0.0937 e. The fraction of sp³-hybridized carbons (Fsp3) is 0.500. The number of allylic oxidation sites excluding steroid dienone is 2. The first-order chi connectivity index (χ1) is 2.77.